The molecule has 1 aromatic carbocycles. The van der Waals surface area contributed by atoms with Crippen molar-refractivity contribution in [1.29, 1.82) is 5.26 Å². The number of hydrogen-bond donors (Lipinski definition) is 1. The Morgan fingerprint density at radius 1 is 1.26 bits per heavy atom. The van der Waals surface area contributed by atoms with Crippen LogP contribution in [0.5, 0.6) is 0 Å². The standard InChI is InChI=1S/C16H19IN2O3S/c17-13-5-7-14(8-6-13)23(21,22)11-12-3-1-2-4-15(12)16(20)19-10-9-18/h5-8,12,15H,1-4,10-11H2,(H,19,20)/t12-,15+/m1/s1. The Morgan fingerprint density at radius 2 is 1.91 bits per heavy atom. The molecule has 1 saturated carbocycles. The molecular weight excluding hydrogens is 427 g/mol. The molecule has 0 bridgehead atoms. The lowest BCUT2D eigenvalue weighted by atomic mass is 9.80. The third kappa shape index (κ3) is 4.91. The Bertz CT molecular complexity index is 695. The quantitative estimate of drug-likeness (QED) is 0.557. The van der Waals surface area contributed by atoms with Gasteiger partial charge in [-0.25, -0.2) is 8.42 Å². The summed E-state index contributed by atoms with van der Waals surface area (Å²) in [5.41, 5.74) is 0. The van der Waals surface area contributed by atoms with Crippen molar-refractivity contribution in [1.82, 2.24) is 5.32 Å². The minimum Gasteiger partial charge on any atom is -0.343 e. The number of sulfone groups is 1. The Labute approximate surface area is 150 Å². The highest BCUT2D eigenvalue weighted by Crippen LogP contribution is 2.32. The number of nitrogens with zero attached hydrogens (tertiary/aromatic N) is 1. The average molecular weight is 446 g/mol. The summed E-state index contributed by atoms with van der Waals surface area (Å²) in [5, 5.41) is 11.1. The molecule has 124 valence electrons. The molecule has 0 radical (unpaired) electrons. The molecule has 1 N–H and O–H groups in total. The van der Waals surface area contributed by atoms with Gasteiger partial charge in [-0.05, 0) is 65.6 Å². The second-order valence-electron chi connectivity index (χ2n) is 5.76. The predicted molar refractivity (Wildman–Crippen MR) is 95.3 cm³/mol. The van der Waals surface area contributed by atoms with E-state index in [9.17, 15) is 13.2 Å². The van der Waals surface area contributed by atoms with Crippen LogP contribution in [0.15, 0.2) is 29.2 Å². The first-order chi connectivity index (χ1) is 10.9. The zero-order chi connectivity index (χ0) is 16.9. The first-order valence-corrected chi connectivity index (χ1v) is 10.3. The fourth-order valence-electron chi connectivity index (χ4n) is 3.03. The molecule has 0 spiro atoms. The number of carbonyl (C=O) groups excluding carboxylic acids is 1. The van der Waals surface area contributed by atoms with Gasteiger partial charge >= 0.3 is 0 Å². The number of halogens is 1. The second-order valence-corrected chi connectivity index (χ2v) is 9.04. The normalized spacial score (nSPS) is 21.4. The summed E-state index contributed by atoms with van der Waals surface area (Å²) in [6.07, 6.45) is 3.28. The zero-order valence-electron chi connectivity index (χ0n) is 12.7. The van der Waals surface area contributed by atoms with Gasteiger partial charge in [-0.3, -0.25) is 4.79 Å². The molecule has 1 aliphatic rings. The number of amides is 1. The maximum Gasteiger partial charge on any atom is 0.224 e. The monoisotopic (exact) mass is 446 g/mol. The van der Waals surface area contributed by atoms with Gasteiger partial charge in [-0.1, -0.05) is 12.8 Å². The van der Waals surface area contributed by atoms with E-state index in [0.717, 1.165) is 22.8 Å². The maximum atomic E-state index is 12.6. The van der Waals surface area contributed by atoms with Gasteiger partial charge in [0, 0.05) is 9.49 Å². The molecule has 7 heteroatoms. The van der Waals surface area contributed by atoms with Gasteiger partial charge < -0.3 is 5.32 Å². The van der Waals surface area contributed by atoms with Crippen molar-refractivity contribution in [2.45, 2.75) is 30.6 Å². The number of carbonyl (C=O) groups is 1. The summed E-state index contributed by atoms with van der Waals surface area (Å²) in [6, 6.07) is 8.65. The fourth-order valence-corrected chi connectivity index (χ4v) is 5.10. The van der Waals surface area contributed by atoms with Crippen molar-refractivity contribution in [2.24, 2.45) is 11.8 Å². The highest BCUT2D eigenvalue weighted by molar-refractivity contribution is 14.1. The van der Waals surface area contributed by atoms with E-state index in [1.165, 1.54) is 0 Å². The molecule has 0 aliphatic heterocycles. The van der Waals surface area contributed by atoms with E-state index in [1.807, 2.05) is 6.07 Å². The van der Waals surface area contributed by atoms with Gasteiger partial charge in [0.15, 0.2) is 9.84 Å². The lowest BCUT2D eigenvalue weighted by molar-refractivity contribution is -0.127. The fraction of sp³-hybridized carbons (Fsp3) is 0.500. The van der Waals surface area contributed by atoms with Gasteiger partial charge in [0.1, 0.15) is 6.54 Å². The molecule has 0 saturated heterocycles. The molecule has 2 atom stereocenters. The van der Waals surface area contributed by atoms with E-state index in [1.54, 1.807) is 24.3 Å². The van der Waals surface area contributed by atoms with Gasteiger partial charge in [-0.2, -0.15) is 5.26 Å². The van der Waals surface area contributed by atoms with Gasteiger partial charge in [0.05, 0.1) is 16.7 Å². The highest BCUT2D eigenvalue weighted by Gasteiger charge is 2.34. The van der Waals surface area contributed by atoms with Crippen LogP contribution in [0.3, 0.4) is 0 Å². The number of nitriles is 1. The molecule has 23 heavy (non-hydrogen) atoms. The average Bonchev–Trinajstić information content (AvgIpc) is 2.53. The third-order valence-electron chi connectivity index (χ3n) is 4.19. The van der Waals surface area contributed by atoms with Crippen LogP contribution in [-0.4, -0.2) is 26.6 Å². The molecule has 5 nitrogen and oxygen atoms in total. The van der Waals surface area contributed by atoms with Gasteiger partial charge in [0.25, 0.3) is 0 Å². The molecular formula is C16H19IN2O3S. The van der Waals surface area contributed by atoms with Crippen LogP contribution in [0.2, 0.25) is 0 Å². The van der Waals surface area contributed by atoms with Crippen LogP contribution in [-0.2, 0) is 14.6 Å². The van der Waals surface area contributed by atoms with Gasteiger partial charge in [0.2, 0.25) is 5.91 Å². The summed E-state index contributed by atoms with van der Waals surface area (Å²) >= 11 is 2.13. The van der Waals surface area contributed by atoms with E-state index < -0.39 is 9.84 Å². The van der Waals surface area contributed by atoms with Crippen LogP contribution < -0.4 is 5.32 Å². The Kier molecular flexibility index (Phi) is 6.41. The second kappa shape index (κ2) is 8.11. The first kappa shape index (κ1) is 18.2. The highest BCUT2D eigenvalue weighted by atomic mass is 127. The zero-order valence-corrected chi connectivity index (χ0v) is 15.6. The van der Waals surface area contributed by atoms with E-state index in [-0.39, 0.29) is 30.0 Å². The van der Waals surface area contributed by atoms with Crippen molar-refractivity contribution in [3.63, 3.8) is 0 Å². The van der Waals surface area contributed by atoms with E-state index in [0.29, 0.717) is 11.3 Å². The maximum absolute atomic E-state index is 12.6. The number of benzene rings is 1. The number of rotatable bonds is 5. The van der Waals surface area contributed by atoms with Crippen LogP contribution in [0, 0.1) is 26.7 Å². The van der Waals surface area contributed by atoms with E-state index >= 15 is 0 Å². The first-order valence-electron chi connectivity index (χ1n) is 7.57. The van der Waals surface area contributed by atoms with Gasteiger partial charge in [-0.15, -0.1) is 0 Å². The molecule has 0 aromatic heterocycles. The topological polar surface area (TPSA) is 87.0 Å². The molecule has 1 aromatic rings. The third-order valence-corrected chi connectivity index (χ3v) is 6.77. The van der Waals surface area contributed by atoms with Crippen molar-refractivity contribution in [3.05, 3.63) is 27.8 Å². The summed E-state index contributed by atoms with van der Waals surface area (Å²) in [6.45, 7) is -0.0358. The number of nitrogens with one attached hydrogen (secondary N) is 1. The summed E-state index contributed by atoms with van der Waals surface area (Å²) in [4.78, 5) is 12.5. The Balaban J connectivity index is 2.13. The summed E-state index contributed by atoms with van der Waals surface area (Å²) < 4.78 is 26.2. The van der Waals surface area contributed by atoms with E-state index in [2.05, 4.69) is 27.9 Å². The van der Waals surface area contributed by atoms with Crippen LogP contribution in [0.1, 0.15) is 25.7 Å². The molecule has 0 heterocycles. The Morgan fingerprint density at radius 3 is 2.57 bits per heavy atom. The van der Waals surface area contributed by atoms with E-state index in [4.69, 9.17) is 5.26 Å². The molecule has 0 unspecified atom stereocenters. The Hall–Kier alpha value is -1.14. The minimum atomic E-state index is -3.41. The van der Waals surface area contributed by atoms with Crippen molar-refractivity contribution in [3.8, 4) is 6.07 Å². The number of hydrogen-bond acceptors (Lipinski definition) is 4. The van der Waals surface area contributed by atoms with Crippen LogP contribution >= 0.6 is 22.6 Å². The summed E-state index contributed by atoms with van der Waals surface area (Å²) in [7, 11) is -3.41. The smallest absolute Gasteiger partial charge is 0.224 e. The molecule has 2 rings (SSSR count). The van der Waals surface area contributed by atoms with Crippen LogP contribution in [0.4, 0.5) is 0 Å². The SMILES string of the molecule is N#CCNC(=O)[C@H]1CCCC[C@@H]1CS(=O)(=O)c1ccc(I)cc1. The minimum absolute atomic E-state index is 0.0156. The summed E-state index contributed by atoms with van der Waals surface area (Å²) in [5.74, 6) is -0.727. The predicted octanol–water partition coefficient (Wildman–Crippen LogP) is 2.51. The van der Waals surface area contributed by atoms with Crippen LogP contribution in [0.25, 0.3) is 0 Å². The van der Waals surface area contributed by atoms with Crippen molar-refractivity contribution < 1.29 is 13.2 Å². The largest absolute Gasteiger partial charge is 0.343 e. The molecule has 1 fully saturated rings. The lowest BCUT2D eigenvalue weighted by Crippen LogP contribution is -2.39. The lowest BCUT2D eigenvalue weighted by Gasteiger charge is -2.30. The van der Waals surface area contributed by atoms with Crippen molar-refractivity contribution >= 4 is 38.3 Å². The van der Waals surface area contributed by atoms with Crippen molar-refractivity contribution in [2.75, 3.05) is 12.3 Å². The molecule has 1 aliphatic carbocycles. The molecule has 1 amide bonds.